The average Bonchev–Trinajstić information content (AvgIpc) is 3.28. The summed E-state index contributed by atoms with van der Waals surface area (Å²) in [6, 6.07) is 8.20. The smallest absolute Gasteiger partial charge is 0.115 e. The highest BCUT2D eigenvalue weighted by Crippen LogP contribution is 2.51. The van der Waals surface area contributed by atoms with E-state index in [0.717, 1.165) is 8.47 Å². The van der Waals surface area contributed by atoms with Crippen LogP contribution in [0.3, 0.4) is 0 Å². The molecular weight excluding hydrogens is 465 g/mol. The number of rotatable bonds is 4. The Balaban J connectivity index is 1.42. The average molecular weight is 473 g/mol. The van der Waals surface area contributed by atoms with Crippen LogP contribution < -0.4 is 0 Å². The second-order valence-corrected chi connectivity index (χ2v) is 12.8. The number of hydrogen-bond acceptors (Lipinski definition) is 10. The van der Waals surface area contributed by atoms with Gasteiger partial charge in [0.05, 0.1) is 17.6 Å². The summed E-state index contributed by atoms with van der Waals surface area (Å²) in [4.78, 5) is 1.88. The molecule has 3 heterocycles. The van der Waals surface area contributed by atoms with Gasteiger partial charge in [-0.15, -0.1) is 23.5 Å². The summed E-state index contributed by atoms with van der Waals surface area (Å²) >= 11 is 9.02. The molecule has 10 heteroatoms. The molecule has 0 unspecified atom stereocenters. The number of thioether (sulfide) groups is 6. The van der Waals surface area contributed by atoms with E-state index in [4.69, 9.17) is 21.0 Å². The fourth-order valence-corrected chi connectivity index (χ4v) is 8.30. The summed E-state index contributed by atoms with van der Waals surface area (Å²) in [5, 5.41) is 35.9. The third kappa shape index (κ3) is 5.31. The Kier molecular flexibility index (Phi) is 7.82. The van der Waals surface area contributed by atoms with E-state index in [1.54, 1.807) is 0 Å². The van der Waals surface area contributed by atoms with Gasteiger partial charge in [0.2, 0.25) is 0 Å². The molecule has 28 heavy (non-hydrogen) atoms. The zero-order valence-corrected chi connectivity index (χ0v) is 18.8. The largest absolute Gasteiger partial charge is 0.192 e. The van der Waals surface area contributed by atoms with Gasteiger partial charge in [-0.2, -0.15) is 21.0 Å². The number of nitriles is 4. The molecule has 1 saturated heterocycles. The minimum absolute atomic E-state index is 0.377. The molecule has 0 aromatic carbocycles. The van der Waals surface area contributed by atoms with Crippen LogP contribution >= 0.6 is 70.6 Å². The molecule has 1 fully saturated rings. The highest BCUT2D eigenvalue weighted by Gasteiger charge is 2.26. The van der Waals surface area contributed by atoms with Crippen LogP contribution in [0.25, 0.3) is 0 Å². The van der Waals surface area contributed by atoms with Crippen molar-refractivity contribution in [2.45, 2.75) is 9.16 Å². The minimum atomic E-state index is 0.377. The first-order valence-electron chi connectivity index (χ1n) is 7.55. The quantitative estimate of drug-likeness (QED) is 0.458. The van der Waals surface area contributed by atoms with E-state index in [1.165, 1.54) is 47.0 Å². The molecule has 0 aromatic rings. The number of hydrogen-bond donors (Lipinski definition) is 0. The van der Waals surface area contributed by atoms with Crippen LogP contribution in [0.5, 0.6) is 0 Å². The van der Waals surface area contributed by atoms with E-state index in [1.807, 2.05) is 72.1 Å². The van der Waals surface area contributed by atoms with Crippen LogP contribution in [0.2, 0.25) is 0 Å². The van der Waals surface area contributed by atoms with E-state index >= 15 is 0 Å². The van der Waals surface area contributed by atoms with Crippen LogP contribution in [0.1, 0.15) is 0 Å². The summed E-state index contributed by atoms with van der Waals surface area (Å²) in [6.45, 7) is 0. The Labute approximate surface area is 188 Å². The lowest BCUT2D eigenvalue weighted by molar-refractivity contribution is 1.48. The van der Waals surface area contributed by atoms with Gasteiger partial charge in [0.25, 0.3) is 0 Å². The molecule has 0 saturated carbocycles. The van der Waals surface area contributed by atoms with Crippen LogP contribution in [0, 0.1) is 45.3 Å². The normalized spacial score (nSPS) is 24.1. The molecule has 3 rings (SSSR count). The Bertz CT molecular complexity index is 892. The van der Waals surface area contributed by atoms with E-state index in [2.05, 4.69) is 12.2 Å². The van der Waals surface area contributed by atoms with Gasteiger partial charge in [-0.1, -0.05) is 71.4 Å². The van der Waals surface area contributed by atoms with Gasteiger partial charge >= 0.3 is 0 Å². The summed E-state index contributed by atoms with van der Waals surface area (Å²) in [6.07, 6.45) is 12.0. The topological polar surface area (TPSA) is 95.2 Å². The van der Waals surface area contributed by atoms with Gasteiger partial charge in [-0.05, 0) is 12.2 Å². The van der Waals surface area contributed by atoms with Gasteiger partial charge in [-0.25, -0.2) is 0 Å². The molecule has 3 aliphatic rings. The van der Waals surface area contributed by atoms with Crippen molar-refractivity contribution in [2.75, 3.05) is 0 Å². The lowest BCUT2D eigenvalue weighted by Crippen LogP contribution is -2.14. The number of nitrogens with zero attached hydrogens (tertiary/aromatic N) is 4. The summed E-state index contributed by atoms with van der Waals surface area (Å²) < 4.78 is 2.63. The zero-order chi connectivity index (χ0) is 19.9. The maximum Gasteiger partial charge on any atom is 0.115 e. The van der Waals surface area contributed by atoms with Crippen molar-refractivity contribution in [3.05, 3.63) is 64.6 Å². The Morgan fingerprint density at radius 3 is 1.18 bits per heavy atom. The van der Waals surface area contributed by atoms with Crippen molar-refractivity contribution >= 4 is 70.6 Å². The first-order valence-corrected chi connectivity index (χ1v) is 12.7. The highest BCUT2D eigenvalue weighted by molar-refractivity contribution is 8.34. The highest BCUT2D eigenvalue weighted by atomic mass is 32.3. The van der Waals surface area contributed by atoms with Crippen molar-refractivity contribution in [2.24, 2.45) is 0 Å². The molecule has 0 bridgehead atoms. The fraction of sp³-hybridized carbons (Fsp3) is 0.111. The van der Waals surface area contributed by atoms with E-state index in [9.17, 15) is 0 Å². The Morgan fingerprint density at radius 1 is 0.571 bits per heavy atom. The molecule has 0 atom stereocenters. The summed E-state index contributed by atoms with van der Waals surface area (Å²) in [5.41, 5.74) is 0. The van der Waals surface area contributed by atoms with Crippen molar-refractivity contribution in [1.29, 1.82) is 21.0 Å². The number of allylic oxidation sites excluding steroid dienone is 8. The van der Waals surface area contributed by atoms with Gasteiger partial charge in [0, 0.05) is 0 Å². The van der Waals surface area contributed by atoms with E-state index in [0.29, 0.717) is 28.8 Å². The third-order valence-corrected chi connectivity index (χ3v) is 10.8. The molecular formula is C18H8N4S6. The SMILES string of the molecule is N#CC1=C(C#N)SC(=C/C=C/C2SC(/C=C/C=C3SC(C#N)=C(C#N)S3)S2)S1. The Hall–Kier alpha value is -1.50. The van der Waals surface area contributed by atoms with Gasteiger partial charge in [0.15, 0.2) is 0 Å². The first-order chi connectivity index (χ1) is 13.7. The lowest BCUT2D eigenvalue weighted by atomic mass is 10.5. The summed E-state index contributed by atoms with van der Waals surface area (Å²) in [5.74, 6) is 0. The maximum absolute atomic E-state index is 8.98. The third-order valence-electron chi connectivity index (χ3n) is 3.17. The maximum atomic E-state index is 8.98. The zero-order valence-electron chi connectivity index (χ0n) is 13.9. The predicted molar refractivity (Wildman–Crippen MR) is 124 cm³/mol. The van der Waals surface area contributed by atoms with Crippen molar-refractivity contribution in [3.8, 4) is 24.3 Å². The summed E-state index contributed by atoms with van der Waals surface area (Å²) in [7, 11) is 0. The standard InChI is InChI=1S/C18H8N4S6/c19-7-11-12(8-20)24-15(23-11)3-1-5-17-27-18(28-17)6-2-4-16-25-13(9-21)14(10-22)26-16/h1-6,17-18H/b5-1+,6-2+. The monoisotopic (exact) mass is 472 g/mol. The van der Waals surface area contributed by atoms with Gasteiger partial charge in [-0.3, -0.25) is 0 Å². The molecule has 0 amide bonds. The minimum Gasteiger partial charge on any atom is -0.192 e. The van der Waals surface area contributed by atoms with Crippen LogP contribution in [0.4, 0.5) is 0 Å². The van der Waals surface area contributed by atoms with Crippen molar-refractivity contribution < 1.29 is 0 Å². The van der Waals surface area contributed by atoms with Crippen LogP contribution in [-0.4, -0.2) is 9.16 Å². The molecule has 0 aromatic heterocycles. The predicted octanol–water partition coefficient (Wildman–Crippen LogP) is 6.39. The van der Waals surface area contributed by atoms with Crippen molar-refractivity contribution in [1.82, 2.24) is 0 Å². The van der Waals surface area contributed by atoms with Crippen LogP contribution in [0.15, 0.2) is 64.6 Å². The van der Waals surface area contributed by atoms with Gasteiger partial charge < -0.3 is 0 Å². The molecule has 3 aliphatic heterocycles. The van der Waals surface area contributed by atoms with Crippen LogP contribution in [-0.2, 0) is 0 Å². The molecule has 0 aliphatic carbocycles. The second-order valence-electron chi connectivity index (χ2n) is 4.92. The van der Waals surface area contributed by atoms with E-state index in [-0.39, 0.29) is 0 Å². The second kappa shape index (κ2) is 10.3. The van der Waals surface area contributed by atoms with Crippen molar-refractivity contribution in [3.63, 3.8) is 0 Å². The molecule has 0 spiro atoms. The molecule has 136 valence electrons. The lowest BCUT2D eigenvalue weighted by Gasteiger charge is -2.29. The molecule has 0 N–H and O–H groups in total. The Morgan fingerprint density at radius 2 is 0.893 bits per heavy atom. The fourth-order valence-electron chi connectivity index (χ4n) is 1.97. The van der Waals surface area contributed by atoms with Gasteiger partial charge in [0.1, 0.15) is 43.9 Å². The molecule has 4 nitrogen and oxygen atoms in total. The molecule has 0 radical (unpaired) electrons. The van der Waals surface area contributed by atoms with E-state index < -0.39 is 0 Å². The first kappa shape index (κ1) is 21.2.